The van der Waals surface area contributed by atoms with Gasteiger partial charge in [-0.25, -0.2) is 0 Å². The summed E-state index contributed by atoms with van der Waals surface area (Å²) < 4.78 is 0. The average molecular weight is 358 g/mol. The Labute approximate surface area is 161 Å². The van der Waals surface area contributed by atoms with E-state index < -0.39 is 0 Å². The van der Waals surface area contributed by atoms with Crippen LogP contribution in [0.5, 0.6) is 0 Å². The Hall–Kier alpha value is -2.65. The van der Waals surface area contributed by atoms with Crippen molar-refractivity contribution in [1.29, 1.82) is 0 Å². The zero-order valence-electron chi connectivity index (χ0n) is 15.8. The molecule has 1 saturated heterocycles. The highest BCUT2D eigenvalue weighted by Crippen LogP contribution is 2.27. The summed E-state index contributed by atoms with van der Waals surface area (Å²) in [5.41, 5.74) is 2.10. The number of rotatable bonds is 4. The number of fused-ring (bicyclic) bond motifs is 1. The van der Waals surface area contributed by atoms with Crippen LogP contribution in [0, 0.1) is 0 Å². The van der Waals surface area contributed by atoms with E-state index in [2.05, 4.69) is 59.6 Å². The van der Waals surface area contributed by atoms with E-state index in [1.165, 1.54) is 16.3 Å². The maximum absolute atomic E-state index is 12.3. The highest BCUT2D eigenvalue weighted by molar-refractivity contribution is 5.94. The molecular weight excluding hydrogens is 332 g/mol. The zero-order chi connectivity index (χ0) is 18.6. The molecule has 138 valence electrons. The fourth-order valence-corrected chi connectivity index (χ4v) is 3.97. The van der Waals surface area contributed by atoms with Gasteiger partial charge >= 0.3 is 0 Å². The highest BCUT2D eigenvalue weighted by Gasteiger charge is 2.24. The van der Waals surface area contributed by atoms with Crippen LogP contribution in [0.1, 0.15) is 41.7 Å². The molecule has 1 atom stereocenters. The van der Waals surface area contributed by atoms with Crippen molar-refractivity contribution in [1.82, 2.24) is 10.2 Å². The van der Waals surface area contributed by atoms with Crippen molar-refractivity contribution in [3.05, 3.63) is 83.9 Å². The number of likely N-dealkylation sites (tertiary alicyclic amines) is 1. The van der Waals surface area contributed by atoms with E-state index in [-0.39, 0.29) is 11.9 Å². The highest BCUT2D eigenvalue weighted by atomic mass is 16.1. The monoisotopic (exact) mass is 358 g/mol. The molecule has 0 bridgehead atoms. The van der Waals surface area contributed by atoms with Crippen LogP contribution >= 0.6 is 0 Å². The van der Waals surface area contributed by atoms with E-state index >= 15 is 0 Å². The molecule has 0 unspecified atom stereocenters. The number of hydrogen-bond donors (Lipinski definition) is 1. The van der Waals surface area contributed by atoms with Crippen molar-refractivity contribution >= 4 is 16.7 Å². The minimum atomic E-state index is 0.0385. The molecule has 3 nitrogen and oxygen atoms in total. The molecule has 3 aromatic rings. The molecule has 0 aliphatic carbocycles. The van der Waals surface area contributed by atoms with Gasteiger partial charge in [0.1, 0.15) is 0 Å². The van der Waals surface area contributed by atoms with Crippen molar-refractivity contribution in [2.75, 3.05) is 13.1 Å². The van der Waals surface area contributed by atoms with Gasteiger partial charge in [0.25, 0.3) is 5.91 Å². The first-order valence-electron chi connectivity index (χ1n) is 9.79. The summed E-state index contributed by atoms with van der Waals surface area (Å²) in [5, 5.41) is 5.78. The van der Waals surface area contributed by atoms with Crippen molar-refractivity contribution in [2.24, 2.45) is 0 Å². The number of amides is 1. The normalized spacial score (nSPS) is 16.9. The number of hydrogen-bond acceptors (Lipinski definition) is 2. The largest absolute Gasteiger partial charge is 0.349 e. The topological polar surface area (TPSA) is 32.3 Å². The third-order valence-electron chi connectivity index (χ3n) is 5.70. The van der Waals surface area contributed by atoms with Crippen LogP contribution in [0.3, 0.4) is 0 Å². The molecule has 0 radical (unpaired) electrons. The minimum absolute atomic E-state index is 0.0385. The first-order chi connectivity index (χ1) is 13.2. The first-order valence-corrected chi connectivity index (χ1v) is 9.79. The van der Waals surface area contributed by atoms with Crippen LogP contribution in [0.2, 0.25) is 0 Å². The third-order valence-corrected chi connectivity index (χ3v) is 5.70. The molecule has 3 aromatic carbocycles. The summed E-state index contributed by atoms with van der Waals surface area (Å²) in [7, 11) is 0. The van der Waals surface area contributed by atoms with E-state index in [9.17, 15) is 4.79 Å². The molecule has 4 rings (SSSR count). The lowest BCUT2D eigenvalue weighted by Gasteiger charge is -2.36. The Morgan fingerprint density at radius 2 is 1.59 bits per heavy atom. The van der Waals surface area contributed by atoms with Gasteiger partial charge in [-0.2, -0.15) is 0 Å². The second-order valence-corrected chi connectivity index (χ2v) is 7.43. The van der Waals surface area contributed by atoms with Crippen LogP contribution in [-0.4, -0.2) is 29.9 Å². The van der Waals surface area contributed by atoms with E-state index in [1.807, 2.05) is 30.3 Å². The van der Waals surface area contributed by atoms with Crippen molar-refractivity contribution < 1.29 is 4.79 Å². The van der Waals surface area contributed by atoms with Gasteiger partial charge in [0.2, 0.25) is 0 Å². The molecular formula is C24H26N2O. The van der Waals surface area contributed by atoms with Crippen LogP contribution < -0.4 is 5.32 Å². The fourth-order valence-electron chi connectivity index (χ4n) is 3.97. The number of piperidine rings is 1. The molecule has 3 heteroatoms. The van der Waals surface area contributed by atoms with Gasteiger partial charge in [-0.3, -0.25) is 9.69 Å². The Balaban J connectivity index is 1.36. The Morgan fingerprint density at radius 3 is 2.33 bits per heavy atom. The standard InChI is InChI=1S/C24H26N2O/c1-18(21-12-11-19-7-5-6-10-22(19)17-21)26-15-13-23(14-16-26)25-24(27)20-8-3-2-4-9-20/h2-12,17-18,23H,13-16H2,1H3,(H,25,27)/t18-/m0/s1. The molecule has 1 amide bonds. The number of benzene rings is 3. The molecule has 1 N–H and O–H groups in total. The Bertz CT molecular complexity index is 914. The van der Waals surface area contributed by atoms with Crippen LogP contribution in [-0.2, 0) is 0 Å². The van der Waals surface area contributed by atoms with Gasteiger partial charge < -0.3 is 5.32 Å². The van der Waals surface area contributed by atoms with Crippen molar-refractivity contribution in [3.63, 3.8) is 0 Å². The molecule has 1 heterocycles. The van der Waals surface area contributed by atoms with Gasteiger partial charge in [0, 0.05) is 30.7 Å². The first kappa shape index (κ1) is 17.7. The number of nitrogens with one attached hydrogen (secondary N) is 1. The van der Waals surface area contributed by atoms with Gasteiger partial charge in [-0.15, -0.1) is 0 Å². The molecule has 0 saturated carbocycles. The fraction of sp³-hybridized carbons (Fsp3) is 0.292. The summed E-state index contributed by atoms with van der Waals surface area (Å²) in [4.78, 5) is 14.9. The molecule has 0 aromatic heterocycles. The number of carbonyl (C=O) groups excluding carboxylic acids is 1. The Morgan fingerprint density at radius 1 is 0.926 bits per heavy atom. The van der Waals surface area contributed by atoms with E-state index in [4.69, 9.17) is 0 Å². The summed E-state index contributed by atoms with van der Waals surface area (Å²) in [6.07, 6.45) is 1.99. The predicted octanol–water partition coefficient (Wildman–Crippen LogP) is 4.80. The summed E-state index contributed by atoms with van der Waals surface area (Å²) in [6, 6.07) is 25.4. The SMILES string of the molecule is C[C@@H](c1ccc2ccccc2c1)N1CCC(NC(=O)c2ccccc2)CC1. The van der Waals surface area contributed by atoms with E-state index in [0.717, 1.165) is 31.5 Å². The number of carbonyl (C=O) groups is 1. The maximum atomic E-state index is 12.3. The summed E-state index contributed by atoms with van der Waals surface area (Å²) in [5.74, 6) is 0.0385. The Kier molecular flexibility index (Phi) is 5.21. The lowest BCUT2D eigenvalue weighted by atomic mass is 9.98. The predicted molar refractivity (Wildman–Crippen MR) is 111 cm³/mol. The average Bonchev–Trinajstić information content (AvgIpc) is 2.74. The second-order valence-electron chi connectivity index (χ2n) is 7.43. The van der Waals surface area contributed by atoms with Crippen molar-refractivity contribution in [2.45, 2.75) is 31.8 Å². The van der Waals surface area contributed by atoms with Gasteiger partial charge in [0.05, 0.1) is 0 Å². The lowest BCUT2D eigenvalue weighted by Crippen LogP contribution is -2.45. The molecule has 1 aliphatic heterocycles. The van der Waals surface area contributed by atoms with Crippen LogP contribution in [0.4, 0.5) is 0 Å². The van der Waals surface area contributed by atoms with Gasteiger partial charge in [0.15, 0.2) is 0 Å². The molecule has 0 spiro atoms. The van der Waals surface area contributed by atoms with Crippen molar-refractivity contribution in [3.8, 4) is 0 Å². The summed E-state index contributed by atoms with van der Waals surface area (Å²) >= 11 is 0. The van der Waals surface area contributed by atoms with Crippen LogP contribution in [0.15, 0.2) is 72.8 Å². The minimum Gasteiger partial charge on any atom is -0.349 e. The van der Waals surface area contributed by atoms with E-state index in [1.54, 1.807) is 0 Å². The summed E-state index contributed by atoms with van der Waals surface area (Å²) in [6.45, 7) is 4.30. The molecule has 27 heavy (non-hydrogen) atoms. The van der Waals surface area contributed by atoms with E-state index in [0.29, 0.717) is 6.04 Å². The van der Waals surface area contributed by atoms with Crippen LogP contribution in [0.25, 0.3) is 10.8 Å². The second kappa shape index (κ2) is 7.93. The third kappa shape index (κ3) is 4.04. The lowest BCUT2D eigenvalue weighted by molar-refractivity contribution is 0.0896. The van der Waals surface area contributed by atoms with Gasteiger partial charge in [-0.05, 0) is 54.3 Å². The quantitative estimate of drug-likeness (QED) is 0.727. The smallest absolute Gasteiger partial charge is 0.251 e. The maximum Gasteiger partial charge on any atom is 0.251 e. The molecule has 1 fully saturated rings. The van der Waals surface area contributed by atoms with Gasteiger partial charge in [-0.1, -0.05) is 54.6 Å². The number of nitrogens with zero attached hydrogens (tertiary/aromatic N) is 1. The molecule has 1 aliphatic rings. The zero-order valence-corrected chi connectivity index (χ0v) is 15.8.